The van der Waals surface area contributed by atoms with Gasteiger partial charge in [0.25, 0.3) is 10.1 Å². The summed E-state index contributed by atoms with van der Waals surface area (Å²) < 4.78 is 49.2. The maximum atomic E-state index is 14.4. The van der Waals surface area contributed by atoms with Crippen LogP contribution in [0.5, 0.6) is 11.5 Å². The number of carbonyl (C=O) groups excluding carboxylic acids is 2. The largest absolute Gasteiger partial charge is 0.497 e. The highest BCUT2D eigenvalue weighted by molar-refractivity contribution is 7.85. The minimum absolute atomic E-state index is 0.143. The number of aryl methyl sites for hydroxylation is 2. The number of hydrogen-bond acceptors (Lipinski definition) is 8. The molecule has 5 aromatic rings. The second-order valence-electron chi connectivity index (χ2n) is 13.0. The van der Waals surface area contributed by atoms with E-state index in [4.69, 9.17) is 14.2 Å². The molecule has 53 heavy (non-hydrogen) atoms. The number of ether oxygens (including phenoxy) is 3. The number of rotatable bonds is 13. The van der Waals surface area contributed by atoms with E-state index in [2.05, 4.69) is 4.90 Å². The van der Waals surface area contributed by atoms with Gasteiger partial charge in [0, 0.05) is 17.9 Å². The second-order valence-corrected chi connectivity index (χ2v) is 14.6. The van der Waals surface area contributed by atoms with Crippen molar-refractivity contribution in [3.63, 3.8) is 0 Å². The Kier molecular flexibility index (Phi) is 11.4. The summed E-state index contributed by atoms with van der Waals surface area (Å²) in [6.45, 7) is 4.19. The molecular weight excluding hydrogens is 691 g/mol. The van der Waals surface area contributed by atoms with Crippen molar-refractivity contribution >= 4 is 45.6 Å². The summed E-state index contributed by atoms with van der Waals surface area (Å²) in [5, 5.41) is 0. The summed E-state index contributed by atoms with van der Waals surface area (Å²) >= 11 is 0. The second kappa shape index (κ2) is 16.3. The summed E-state index contributed by atoms with van der Waals surface area (Å²) in [6.07, 6.45) is 4.72. The van der Waals surface area contributed by atoms with Crippen LogP contribution in [0.2, 0.25) is 0 Å². The van der Waals surface area contributed by atoms with Crippen molar-refractivity contribution in [2.45, 2.75) is 39.2 Å². The molecule has 6 rings (SSSR count). The third-order valence-electron chi connectivity index (χ3n) is 9.16. The molecule has 1 aliphatic rings. The van der Waals surface area contributed by atoms with Crippen molar-refractivity contribution in [3.8, 4) is 11.5 Å². The van der Waals surface area contributed by atoms with Crippen LogP contribution in [0, 0.1) is 13.8 Å². The molecule has 1 aliphatic heterocycles. The number of hydrogen-bond donors (Lipinski definition) is 1. The molecule has 5 aromatic carbocycles. The molecule has 1 heterocycles. The third kappa shape index (κ3) is 9.03. The summed E-state index contributed by atoms with van der Waals surface area (Å²) in [5.74, 6) is -0.945. The van der Waals surface area contributed by atoms with Gasteiger partial charge in [-0.2, -0.15) is 8.42 Å². The van der Waals surface area contributed by atoms with E-state index in [1.807, 2.05) is 109 Å². The van der Waals surface area contributed by atoms with E-state index in [-0.39, 0.29) is 18.8 Å². The SMILES string of the molecule is COc1ccc(C=Cc2ccc3c(c2)C(C(=O)Oc2c(C)cc(C(=O)OCc4ccccc4)cc2C)c2ccccc2N3CCCCS(=O)(=O)O)cc1. The summed E-state index contributed by atoms with van der Waals surface area (Å²) in [4.78, 5) is 29.5. The first kappa shape index (κ1) is 37.1. The Morgan fingerprint density at radius 3 is 2.11 bits per heavy atom. The predicted molar refractivity (Wildman–Crippen MR) is 206 cm³/mol. The lowest BCUT2D eigenvalue weighted by molar-refractivity contribution is -0.135. The van der Waals surface area contributed by atoms with Gasteiger partial charge in [0.1, 0.15) is 24.0 Å². The van der Waals surface area contributed by atoms with Crippen molar-refractivity contribution < 1.29 is 36.8 Å². The molecule has 1 unspecified atom stereocenters. The first-order valence-corrected chi connectivity index (χ1v) is 18.9. The van der Waals surface area contributed by atoms with Crippen molar-refractivity contribution in [3.05, 3.63) is 154 Å². The van der Waals surface area contributed by atoms with Gasteiger partial charge in [-0.15, -0.1) is 0 Å². The van der Waals surface area contributed by atoms with Crippen molar-refractivity contribution in [1.29, 1.82) is 0 Å². The number of fused-ring (bicyclic) bond motifs is 2. The Morgan fingerprint density at radius 2 is 1.42 bits per heavy atom. The van der Waals surface area contributed by atoms with E-state index in [1.54, 1.807) is 33.1 Å². The lowest BCUT2D eigenvalue weighted by Crippen LogP contribution is -2.31. The average molecular weight is 732 g/mol. The Hall–Kier alpha value is -5.71. The molecule has 9 nitrogen and oxygen atoms in total. The molecular formula is C43H41NO8S. The Morgan fingerprint density at radius 1 is 0.774 bits per heavy atom. The quantitative estimate of drug-likeness (QED) is 0.0417. The first-order chi connectivity index (χ1) is 25.5. The molecule has 0 radical (unpaired) electrons. The van der Waals surface area contributed by atoms with E-state index in [9.17, 15) is 22.6 Å². The number of esters is 2. The zero-order valence-electron chi connectivity index (χ0n) is 29.8. The van der Waals surface area contributed by atoms with E-state index in [1.165, 1.54) is 0 Å². The molecule has 0 fully saturated rings. The standard InChI is InChI=1S/C43H41NO8S/c1-29-25-34(42(45)51-28-33-11-5-4-6-12-33)26-30(2)41(29)52-43(46)40-36-13-7-8-14-38(36)44(23-9-10-24-53(47,48)49)39-22-19-32(27-37(39)40)16-15-31-17-20-35(50-3)21-18-31/h4-8,11-22,25-27,40H,9-10,23-24,28H2,1-3H3,(H,47,48,49). The topological polar surface area (TPSA) is 119 Å². The fraction of sp³-hybridized carbons (Fsp3) is 0.209. The van der Waals surface area contributed by atoms with Gasteiger partial charge in [-0.3, -0.25) is 9.35 Å². The molecule has 0 spiro atoms. The van der Waals surface area contributed by atoms with Crippen LogP contribution >= 0.6 is 0 Å². The van der Waals surface area contributed by atoms with E-state index in [0.717, 1.165) is 44.9 Å². The molecule has 0 aliphatic carbocycles. The van der Waals surface area contributed by atoms with Crippen LogP contribution in [0.25, 0.3) is 12.2 Å². The number of carbonyl (C=O) groups is 2. The third-order valence-corrected chi connectivity index (χ3v) is 9.96. The molecule has 0 saturated carbocycles. The number of para-hydroxylation sites is 1. The van der Waals surface area contributed by atoms with Gasteiger partial charge < -0.3 is 19.1 Å². The van der Waals surface area contributed by atoms with Gasteiger partial charge in [0.15, 0.2) is 0 Å². The Balaban J connectivity index is 1.31. The van der Waals surface area contributed by atoms with Gasteiger partial charge >= 0.3 is 11.9 Å². The van der Waals surface area contributed by atoms with Crippen LogP contribution in [0.15, 0.2) is 109 Å². The van der Waals surface area contributed by atoms with Crippen LogP contribution in [-0.2, 0) is 26.3 Å². The minimum atomic E-state index is -4.09. The van der Waals surface area contributed by atoms with Gasteiger partial charge in [-0.1, -0.05) is 78.9 Å². The normalized spacial score (nSPS) is 13.7. The summed E-state index contributed by atoms with van der Waals surface area (Å²) in [7, 11) is -2.46. The highest BCUT2D eigenvalue weighted by Gasteiger charge is 2.36. The van der Waals surface area contributed by atoms with Gasteiger partial charge in [0.2, 0.25) is 0 Å². The Bertz CT molecular complexity index is 2230. The number of unbranched alkanes of at least 4 members (excludes halogenated alkanes) is 1. The number of methoxy groups -OCH3 is 1. The molecule has 1 N–H and O–H groups in total. The van der Waals surface area contributed by atoms with Crippen molar-refractivity contribution in [2.24, 2.45) is 0 Å². The van der Waals surface area contributed by atoms with Crippen molar-refractivity contribution in [1.82, 2.24) is 0 Å². The molecule has 0 saturated heterocycles. The van der Waals surface area contributed by atoms with E-state index < -0.39 is 28.0 Å². The van der Waals surface area contributed by atoms with E-state index in [0.29, 0.717) is 35.4 Å². The number of benzene rings is 5. The van der Waals surface area contributed by atoms with Gasteiger partial charge in [0.05, 0.1) is 18.4 Å². The highest BCUT2D eigenvalue weighted by atomic mass is 32.2. The predicted octanol–water partition coefficient (Wildman–Crippen LogP) is 8.70. The zero-order chi connectivity index (χ0) is 37.5. The molecule has 0 bridgehead atoms. The van der Waals surface area contributed by atoms with Crippen LogP contribution in [0.3, 0.4) is 0 Å². The smallest absolute Gasteiger partial charge is 0.338 e. The fourth-order valence-corrected chi connectivity index (χ4v) is 7.15. The fourth-order valence-electron chi connectivity index (χ4n) is 6.58. The van der Waals surface area contributed by atoms with Gasteiger partial charge in [-0.05, 0) is 108 Å². The zero-order valence-corrected chi connectivity index (χ0v) is 30.6. The van der Waals surface area contributed by atoms with Gasteiger partial charge in [-0.25, -0.2) is 4.79 Å². The lowest BCUT2D eigenvalue weighted by Gasteiger charge is -2.37. The summed E-state index contributed by atoms with van der Waals surface area (Å²) in [5.41, 5.74) is 7.40. The monoisotopic (exact) mass is 731 g/mol. The number of nitrogens with zero attached hydrogens (tertiary/aromatic N) is 1. The lowest BCUT2D eigenvalue weighted by atomic mass is 9.83. The molecule has 0 aromatic heterocycles. The highest BCUT2D eigenvalue weighted by Crippen LogP contribution is 2.47. The maximum absolute atomic E-state index is 14.4. The van der Waals surface area contributed by atoms with Crippen LogP contribution in [0.4, 0.5) is 11.4 Å². The minimum Gasteiger partial charge on any atom is -0.497 e. The van der Waals surface area contributed by atoms with Crippen LogP contribution in [-0.4, -0.2) is 44.3 Å². The molecule has 272 valence electrons. The van der Waals surface area contributed by atoms with Crippen molar-refractivity contribution in [2.75, 3.05) is 24.3 Å². The van der Waals surface area contributed by atoms with E-state index >= 15 is 0 Å². The first-order valence-electron chi connectivity index (χ1n) is 17.3. The Labute approximate surface area is 310 Å². The number of anilines is 2. The maximum Gasteiger partial charge on any atom is 0.338 e. The van der Waals surface area contributed by atoms with Crippen LogP contribution < -0.4 is 14.4 Å². The molecule has 1 atom stereocenters. The molecule has 10 heteroatoms. The van der Waals surface area contributed by atoms with Crippen LogP contribution in [0.1, 0.15) is 68.1 Å². The summed E-state index contributed by atoms with van der Waals surface area (Å²) in [6, 6.07) is 34.0. The molecule has 0 amide bonds. The average Bonchev–Trinajstić information content (AvgIpc) is 3.15.